The van der Waals surface area contributed by atoms with Crippen LogP contribution in [0.15, 0.2) is 4.52 Å². The fraction of sp³-hybridized carbons (Fsp3) is 0.875. The number of anilines is 1. The number of rotatable bonds is 7. The Kier molecular flexibility index (Phi) is 6.45. The molecule has 0 spiro atoms. The smallest absolute Gasteiger partial charge is 0.335 e. The lowest BCUT2D eigenvalue weighted by molar-refractivity contribution is -0.182. The van der Waals surface area contributed by atoms with E-state index in [1.54, 1.807) is 13.8 Å². The number of hydrogen-bond acceptors (Lipinski definition) is 6. The molecule has 1 aromatic rings. The Morgan fingerprint density at radius 3 is 2.30 bits per heavy atom. The summed E-state index contributed by atoms with van der Waals surface area (Å²) in [6, 6.07) is -0.0171. The van der Waals surface area contributed by atoms with E-state index in [0.29, 0.717) is 6.54 Å². The van der Waals surface area contributed by atoms with Crippen LogP contribution in [0.3, 0.4) is 0 Å². The highest BCUT2D eigenvalue weighted by molar-refractivity contribution is 7.90. The van der Waals surface area contributed by atoms with Gasteiger partial charge in [-0.25, -0.2) is 13.1 Å². The quantitative estimate of drug-likeness (QED) is 0.714. The lowest BCUT2D eigenvalue weighted by atomic mass is 9.86. The van der Waals surface area contributed by atoms with Gasteiger partial charge in [0.05, 0.1) is 5.25 Å². The molecule has 2 N–H and O–H groups in total. The van der Waals surface area contributed by atoms with Crippen molar-refractivity contribution in [1.82, 2.24) is 14.9 Å². The van der Waals surface area contributed by atoms with Crippen molar-refractivity contribution in [2.24, 2.45) is 5.92 Å². The number of alkyl halides is 3. The minimum Gasteiger partial charge on any atom is -0.335 e. The first-order valence-electron chi connectivity index (χ1n) is 8.99. The van der Waals surface area contributed by atoms with Gasteiger partial charge in [-0.15, -0.1) is 0 Å². The molecule has 0 saturated heterocycles. The molecule has 0 bridgehead atoms. The summed E-state index contributed by atoms with van der Waals surface area (Å²) in [6.45, 7) is 5.66. The summed E-state index contributed by atoms with van der Waals surface area (Å²) in [5, 5.41) is 5.98. The van der Waals surface area contributed by atoms with E-state index in [1.165, 1.54) is 0 Å². The van der Waals surface area contributed by atoms with E-state index in [1.807, 2.05) is 0 Å². The van der Waals surface area contributed by atoms with Crippen LogP contribution in [-0.2, 0) is 15.4 Å². The van der Waals surface area contributed by atoms with Crippen molar-refractivity contribution in [3.63, 3.8) is 0 Å². The molecule has 156 valence electrons. The van der Waals surface area contributed by atoms with Gasteiger partial charge < -0.3 is 9.84 Å². The Bertz CT molecular complexity index is 724. The first-order valence-corrected chi connectivity index (χ1v) is 10.5. The molecule has 1 aliphatic rings. The Labute approximate surface area is 157 Å². The van der Waals surface area contributed by atoms with Crippen LogP contribution < -0.4 is 10.0 Å². The minimum absolute atomic E-state index is 0.00487. The highest BCUT2D eigenvalue weighted by Gasteiger charge is 2.52. The molecular formula is C16H27F3N4O3S. The van der Waals surface area contributed by atoms with E-state index in [2.05, 4.69) is 20.2 Å². The zero-order chi connectivity index (χ0) is 20.5. The van der Waals surface area contributed by atoms with Gasteiger partial charge in [-0.1, -0.05) is 5.16 Å². The van der Waals surface area contributed by atoms with Crippen LogP contribution in [0.5, 0.6) is 0 Å². The molecule has 0 unspecified atom stereocenters. The number of nitrogens with one attached hydrogen (secondary N) is 2. The average molecular weight is 412 g/mol. The molecule has 27 heavy (non-hydrogen) atoms. The maximum absolute atomic E-state index is 13.0. The van der Waals surface area contributed by atoms with Crippen molar-refractivity contribution >= 4 is 16.0 Å². The van der Waals surface area contributed by atoms with E-state index >= 15 is 0 Å². The lowest BCUT2D eigenvalue weighted by Gasteiger charge is -2.28. The zero-order valence-electron chi connectivity index (χ0n) is 15.9. The standard InChI is InChI=1S/C16H27F3N4O3S/c1-10(2)27(24,25)20-9-11-5-7-12(8-6-11)21-14-22-13(23-26-14)15(3,4)16(17,18)19/h10-12,20H,5-9H2,1-4H3,(H,21,22,23). The van der Waals surface area contributed by atoms with Crippen LogP contribution in [0.2, 0.25) is 0 Å². The van der Waals surface area contributed by atoms with Crippen molar-refractivity contribution in [3.8, 4) is 0 Å². The number of nitrogens with zero attached hydrogens (tertiary/aromatic N) is 2. The predicted molar refractivity (Wildman–Crippen MR) is 94.8 cm³/mol. The maximum atomic E-state index is 13.0. The molecule has 1 aromatic heterocycles. The molecule has 1 fully saturated rings. The van der Waals surface area contributed by atoms with Crippen molar-refractivity contribution in [3.05, 3.63) is 5.82 Å². The zero-order valence-corrected chi connectivity index (χ0v) is 16.7. The normalized spacial score (nSPS) is 22.2. The van der Waals surface area contributed by atoms with Crippen LogP contribution in [0.4, 0.5) is 19.2 Å². The third-order valence-electron chi connectivity index (χ3n) is 5.06. The Balaban J connectivity index is 1.85. The summed E-state index contributed by atoms with van der Waals surface area (Å²) in [5.74, 6) is -0.173. The molecule has 1 heterocycles. The topological polar surface area (TPSA) is 97.1 Å². The van der Waals surface area contributed by atoms with Crippen LogP contribution in [0, 0.1) is 5.92 Å². The molecule has 0 aliphatic heterocycles. The largest absolute Gasteiger partial charge is 0.401 e. The third kappa shape index (κ3) is 5.34. The number of aromatic nitrogens is 2. The number of sulfonamides is 1. The van der Waals surface area contributed by atoms with E-state index < -0.39 is 32.7 Å². The average Bonchev–Trinajstić information content (AvgIpc) is 3.02. The van der Waals surface area contributed by atoms with Crippen molar-refractivity contribution in [2.75, 3.05) is 11.9 Å². The van der Waals surface area contributed by atoms with Crippen molar-refractivity contribution in [1.29, 1.82) is 0 Å². The molecule has 0 aromatic carbocycles. The van der Waals surface area contributed by atoms with Gasteiger partial charge in [-0.2, -0.15) is 18.2 Å². The van der Waals surface area contributed by atoms with E-state index in [0.717, 1.165) is 39.5 Å². The third-order valence-corrected chi connectivity index (χ3v) is 6.87. The van der Waals surface area contributed by atoms with E-state index in [4.69, 9.17) is 4.52 Å². The lowest BCUT2D eigenvalue weighted by Crippen LogP contribution is -2.37. The molecule has 11 heteroatoms. The SMILES string of the molecule is CC(C)S(=O)(=O)NCC1CCC(Nc2nc(C(C)(C)C(F)(F)F)no2)CC1. The molecule has 7 nitrogen and oxygen atoms in total. The predicted octanol–water partition coefficient (Wildman–Crippen LogP) is 3.21. The van der Waals surface area contributed by atoms with Gasteiger partial charge in [0.25, 0.3) is 0 Å². The molecule has 0 radical (unpaired) electrons. The van der Waals surface area contributed by atoms with Gasteiger partial charge >= 0.3 is 12.2 Å². The highest BCUT2D eigenvalue weighted by Crippen LogP contribution is 2.39. The van der Waals surface area contributed by atoms with Crippen LogP contribution in [0.1, 0.15) is 59.2 Å². The van der Waals surface area contributed by atoms with Crippen LogP contribution >= 0.6 is 0 Å². The van der Waals surface area contributed by atoms with Gasteiger partial charge in [0, 0.05) is 12.6 Å². The van der Waals surface area contributed by atoms with Gasteiger partial charge in [0.1, 0.15) is 5.41 Å². The summed E-state index contributed by atoms with van der Waals surface area (Å²) < 4.78 is 70.3. The second kappa shape index (κ2) is 7.94. The summed E-state index contributed by atoms with van der Waals surface area (Å²) in [4.78, 5) is 3.85. The molecule has 0 atom stereocenters. The molecule has 2 rings (SSSR count). The summed E-state index contributed by atoms with van der Waals surface area (Å²) in [5.41, 5.74) is -2.19. The summed E-state index contributed by atoms with van der Waals surface area (Å²) in [6.07, 6.45) is -1.39. The Morgan fingerprint density at radius 1 is 1.19 bits per heavy atom. The summed E-state index contributed by atoms with van der Waals surface area (Å²) >= 11 is 0. The second-order valence-electron chi connectivity index (χ2n) is 7.85. The van der Waals surface area contributed by atoms with Crippen molar-refractivity contribution < 1.29 is 26.1 Å². The maximum Gasteiger partial charge on any atom is 0.401 e. The van der Waals surface area contributed by atoms with Gasteiger partial charge in [-0.05, 0) is 59.3 Å². The molecule has 0 amide bonds. The Hall–Kier alpha value is -1.36. The molecule has 1 aliphatic carbocycles. The fourth-order valence-corrected chi connectivity index (χ4v) is 3.55. The first-order chi connectivity index (χ1) is 12.3. The Morgan fingerprint density at radius 2 is 1.78 bits per heavy atom. The number of halogens is 3. The van der Waals surface area contributed by atoms with E-state index in [-0.39, 0.29) is 18.0 Å². The monoisotopic (exact) mass is 412 g/mol. The fourth-order valence-electron chi connectivity index (χ4n) is 2.75. The van der Waals surface area contributed by atoms with Crippen LogP contribution in [0.25, 0.3) is 0 Å². The second-order valence-corrected chi connectivity index (χ2v) is 10.2. The van der Waals surface area contributed by atoms with Crippen LogP contribution in [-0.4, -0.2) is 42.6 Å². The molecule has 1 saturated carbocycles. The summed E-state index contributed by atoms with van der Waals surface area (Å²) in [7, 11) is -3.27. The minimum atomic E-state index is -4.48. The van der Waals surface area contributed by atoms with Gasteiger partial charge in [0.15, 0.2) is 5.82 Å². The van der Waals surface area contributed by atoms with Crippen molar-refractivity contribution in [2.45, 2.75) is 76.3 Å². The highest BCUT2D eigenvalue weighted by atomic mass is 32.2. The first kappa shape index (κ1) is 21.9. The van der Waals surface area contributed by atoms with Gasteiger partial charge in [0.2, 0.25) is 10.0 Å². The van der Waals surface area contributed by atoms with E-state index in [9.17, 15) is 21.6 Å². The van der Waals surface area contributed by atoms with Gasteiger partial charge in [-0.3, -0.25) is 0 Å². The molecular weight excluding hydrogens is 385 g/mol. The number of hydrogen-bond donors (Lipinski definition) is 2.